The van der Waals surface area contributed by atoms with Crippen molar-refractivity contribution >= 4 is 11.1 Å². The summed E-state index contributed by atoms with van der Waals surface area (Å²) in [4.78, 5) is 16.3. The summed E-state index contributed by atoms with van der Waals surface area (Å²) >= 11 is 0. The Morgan fingerprint density at radius 1 is 1.10 bits per heavy atom. The first kappa shape index (κ1) is 18.8. The van der Waals surface area contributed by atoms with Gasteiger partial charge in [-0.25, -0.2) is 9.18 Å². The fourth-order valence-electron chi connectivity index (χ4n) is 4.15. The van der Waals surface area contributed by atoms with Crippen LogP contribution in [0.25, 0.3) is 22.4 Å². The van der Waals surface area contributed by atoms with E-state index in [1.807, 2.05) is 24.3 Å². The van der Waals surface area contributed by atoms with E-state index in [4.69, 9.17) is 8.94 Å². The summed E-state index contributed by atoms with van der Waals surface area (Å²) in [5.74, 6) is 0.792. The van der Waals surface area contributed by atoms with Crippen molar-refractivity contribution < 1.29 is 13.3 Å². The van der Waals surface area contributed by atoms with Crippen molar-refractivity contribution in [3.8, 4) is 11.3 Å². The van der Waals surface area contributed by atoms with E-state index in [0.29, 0.717) is 17.0 Å². The zero-order valence-corrected chi connectivity index (χ0v) is 16.4. The normalized spacial score (nSPS) is 15.8. The molecule has 0 unspecified atom stereocenters. The number of fused-ring (bicyclic) bond motifs is 1. The zero-order valence-electron chi connectivity index (χ0n) is 16.4. The van der Waals surface area contributed by atoms with Crippen LogP contribution in [0, 0.1) is 11.7 Å². The maximum atomic E-state index is 13.1. The van der Waals surface area contributed by atoms with E-state index in [9.17, 15) is 9.18 Å². The number of nitrogens with zero attached hydrogens (tertiary/aromatic N) is 2. The van der Waals surface area contributed by atoms with Crippen LogP contribution in [0.5, 0.6) is 0 Å². The van der Waals surface area contributed by atoms with E-state index in [-0.39, 0.29) is 5.82 Å². The van der Waals surface area contributed by atoms with E-state index in [0.717, 1.165) is 55.9 Å². The average Bonchev–Trinajstić information content (AvgIpc) is 3.36. The third kappa shape index (κ3) is 4.07. The van der Waals surface area contributed by atoms with Gasteiger partial charge in [-0.1, -0.05) is 23.4 Å². The molecule has 1 N–H and O–H groups in total. The zero-order chi connectivity index (χ0) is 20.5. The fraction of sp³-hybridized carbons (Fsp3) is 0.304. The SMILES string of the molecule is O=c1[nH]c2ccc(-c3cc(CN4CCC(Cc5ccc(F)cc5)CC4)on3)cc2o1. The Labute approximate surface area is 172 Å². The Hall–Kier alpha value is -3.19. The Morgan fingerprint density at radius 3 is 2.70 bits per heavy atom. The number of aromatic nitrogens is 2. The third-order valence-corrected chi connectivity index (χ3v) is 5.80. The van der Waals surface area contributed by atoms with Crippen LogP contribution >= 0.6 is 0 Å². The number of hydrogen-bond donors (Lipinski definition) is 1. The third-order valence-electron chi connectivity index (χ3n) is 5.80. The largest absolute Gasteiger partial charge is 0.417 e. The molecule has 2 aromatic heterocycles. The Bertz CT molecular complexity index is 1200. The molecule has 1 aliphatic heterocycles. The number of oxazole rings is 1. The van der Waals surface area contributed by atoms with Crippen molar-refractivity contribution in [1.82, 2.24) is 15.0 Å². The van der Waals surface area contributed by atoms with Gasteiger partial charge in [0.1, 0.15) is 11.5 Å². The number of piperidine rings is 1. The number of benzene rings is 2. The highest BCUT2D eigenvalue weighted by atomic mass is 19.1. The molecule has 0 radical (unpaired) electrons. The summed E-state index contributed by atoms with van der Waals surface area (Å²) in [5, 5.41) is 4.18. The molecule has 4 aromatic rings. The quantitative estimate of drug-likeness (QED) is 0.532. The molecule has 154 valence electrons. The van der Waals surface area contributed by atoms with Crippen molar-refractivity contribution in [2.24, 2.45) is 5.92 Å². The summed E-state index contributed by atoms with van der Waals surface area (Å²) < 4.78 is 23.7. The predicted octanol–water partition coefficient (Wildman–Crippen LogP) is 4.37. The van der Waals surface area contributed by atoms with Crippen LogP contribution < -0.4 is 5.76 Å². The number of hydrogen-bond acceptors (Lipinski definition) is 5. The Morgan fingerprint density at radius 2 is 1.90 bits per heavy atom. The molecular weight excluding hydrogens is 385 g/mol. The molecular formula is C23H22FN3O3. The first-order valence-corrected chi connectivity index (χ1v) is 10.2. The van der Waals surface area contributed by atoms with E-state index < -0.39 is 5.76 Å². The highest BCUT2D eigenvalue weighted by Gasteiger charge is 2.21. The van der Waals surface area contributed by atoms with Gasteiger partial charge in [-0.2, -0.15) is 0 Å². The van der Waals surface area contributed by atoms with Gasteiger partial charge in [0.15, 0.2) is 11.3 Å². The minimum absolute atomic E-state index is 0.183. The van der Waals surface area contributed by atoms with Gasteiger partial charge in [0, 0.05) is 11.6 Å². The van der Waals surface area contributed by atoms with Crippen LogP contribution in [0.4, 0.5) is 4.39 Å². The topological polar surface area (TPSA) is 75.3 Å². The summed E-state index contributed by atoms with van der Waals surface area (Å²) in [6.07, 6.45) is 3.22. The van der Waals surface area contributed by atoms with Gasteiger partial charge in [0.05, 0.1) is 12.1 Å². The molecule has 5 rings (SSSR count). The standard InChI is InChI=1S/C23H22FN3O3/c24-18-4-1-15(2-5-18)11-16-7-9-27(10-8-16)14-19-13-21(26-30-19)17-3-6-20-22(12-17)29-23(28)25-20/h1-6,12-13,16H,7-11,14H2,(H,25,28). The molecule has 0 amide bonds. The highest BCUT2D eigenvalue weighted by Crippen LogP contribution is 2.26. The van der Waals surface area contributed by atoms with Crippen molar-refractivity contribution in [1.29, 1.82) is 0 Å². The Balaban J connectivity index is 1.18. The van der Waals surface area contributed by atoms with Crippen LogP contribution in [0.15, 0.2) is 62.3 Å². The minimum Gasteiger partial charge on any atom is -0.408 e. The van der Waals surface area contributed by atoms with Crippen LogP contribution in [0.1, 0.15) is 24.2 Å². The summed E-state index contributed by atoms with van der Waals surface area (Å²) in [5.41, 5.74) is 3.94. The van der Waals surface area contributed by atoms with Gasteiger partial charge in [0.25, 0.3) is 0 Å². The highest BCUT2D eigenvalue weighted by molar-refractivity contribution is 5.78. The lowest BCUT2D eigenvalue weighted by Gasteiger charge is -2.31. The average molecular weight is 407 g/mol. The minimum atomic E-state index is -0.467. The number of rotatable bonds is 5. The van der Waals surface area contributed by atoms with Crippen molar-refractivity contribution in [3.63, 3.8) is 0 Å². The van der Waals surface area contributed by atoms with Crippen LogP contribution in [-0.4, -0.2) is 28.1 Å². The maximum Gasteiger partial charge on any atom is 0.417 e. The smallest absolute Gasteiger partial charge is 0.408 e. The van der Waals surface area contributed by atoms with Gasteiger partial charge in [0.2, 0.25) is 0 Å². The molecule has 3 heterocycles. The molecule has 0 bridgehead atoms. The van der Waals surface area contributed by atoms with E-state index in [1.54, 1.807) is 12.1 Å². The monoisotopic (exact) mass is 407 g/mol. The summed E-state index contributed by atoms with van der Waals surface area (Å²) in [7, 11) is 0. The maximum absolute atomic E-state index is 13.1. The van der Waals surface area contributed by atoms with E-state index in [2.05, 4.69) is 15.0 Å². The summed E-state index contributed by atoms with van der Waals surface area (Å²) in [6.45, 7) is 2.72. The molecule has 0 atom stereocenters. The number of likely N-dealkylation sites (tertiary alicyclic amines) is 1. The van der Waals surface area contributed by atoms with Crippen LogP contribution in [0.3, 0.4) is 0 Å². The lowest BCUT2D eigenvalue weighted by atomic mass is 9.90. The predicted molar refractivity (Wildman–Crippen MR) is 110 cm³/mol. The molecule has 2 aromatic carbocycles. The molecule has 7 heteroatoms. The van der Waals surface area contributed by atoms with Gasteiger partial charge in [-0.05, 0) is 68.1 Å². The lowest BCUT2D eigenvalue weighted by molar-refractivity contribution is 0.161. The van der Waals surface area contributed by atoms with Crippen LogP contribution in [-0.2, 0) is 13.0 Å². The molecule has 1 saturated heterocycles. The second-order valence-corrected chi connectivity index (χ2v) is 7.95. The van der Waals surface area contributed by atoms with E-state index >= 15 is 0 Å². The van der Waals surface area contributed by atoms with Crippen molar-refractivity contribution in [3.05, 3.63) is 76.2 Å². The first-order chi connectivity index (χ1) is 14.6. The Kier molecular flexibility index (Phi) is 4.96. The van der Waals surface area contributed by atoms with Gasteiger partial charge in [-0.3, -0.25) is 9.88 Å². The lowest BCUT2D eigenvalue weighted by Crippen LogP contribution is -2.33. The second kappa shape index (κ2) is 7.91. The van der Waals surface area contributed by atoms with Gasteiger partial charge < -0.3 is 8.94 Å². The number of aromatic amines is 1. The number of halogens is 1. The first-order valence-electron chi connectivity index (χ1n) is 10.2. The molecule has 1 fully saturated rings. The van der Waals surface area contributed by atoms with Crippen molar-refractivity contribution in [2.45, 2.75) is 25.8 Å². The fourth-order valence-corrected chi connectivity index (χ4v) is 4.15. The molecule has 6 nitrogen and oxygen atoms in total. The van der Waals surface area contributed by atoms with Gasteiger partial charge >= 0.3 is 5.76 Å². The van der Waals surface area contributed by atoms with Crippen LogP contribution in [0.2, 0.25) is 0 Å². The molecule has 0 spiro atoms. The van der Waals surface area contributed by atoms with E-state index in [1.165, 1.54) is 17.7 Å². The number of nitrogens with one attached hydrogen (secondary N) is 1. The number of H-pyrrole nitrogens is 1. The molecule has 1 aliphatic rings. The molecule has 30 heavy (non-hydrogen) atoms. The van der Waals surface area contributed by atoms with Gasteiger partial charge in [-0.15, -0.1) is 0 Å². The molecule has 0 aliphatic carbocycles. The van der Waals surface area contributed by atoms with Crippen molar-refractivity contribution in [2.75, 3.05) is 13.1 Å². The molecule has 0 saturated carbocycles. The summed E-state index contributed by atoms with van der Waals surface area (Å²) in [6, 6.07) is 14.3. The second-order valence-electron chi connectivity index (χ2n) is 7.95.